The van der Waals surface area contributed by atoms with Crippen molar-refractivity contribution in [2.24, 2.45) is 0 Å². The molecule has 0 N–H and O–H groups in total. The van der Waals surface area contributed by atoms with Crippen molar-refractivity contribution in [2.75, 3.05) is 0 Å². The molecule has 0 aliphatic heterocycles. The Bertz CT molecular complexity index is 1160. The molecule has 152 valence electrons. The summed E-state index contributed by atoms with van der Waals surface area (Å²) in [4.78, 5) is 30.3. The Hall–Kier alpha value is -3.32. The van der Waals surface area contributed by atoms with Crippen LogP contribution in [-0.4, -0.2) is 20.6 Å². The van der Waals surface area contributed by atoms with Crippen LogP contribution in [0.2, 0.25) is 0 Å². The van der Waals surface area contributed by atoms with Gasteiger partial charge >= 0.3 is 5.97 Å². The lowest BCUT2D eigenvalue weighted by molar-refractivity contribution is -0.145. The molecule has 2 aromatic heterocycles. The highest BCUT2D eigenvalue weighted by Crippen LogP contribution is 2.26. The second-order valence-electron chi connectivity index (χ2n) is 6.89. The Kier molecular flexibility index (Phi) is 5.99. The summed E-state index contributed by atoms with van der Waals surface area (Å²) in [7, 11) is 0. The molecule has 0 saturated heterocycles. The molecule has 2 aromatic carbocycles. The highest BCUT2D eigenvalue weighted by atomic mass is 32.1. The fourth-order valence-corrected chi connectivity index (χ4v) is 4.29. The van der Waals surface area contributed by atoms with E-state index >= 15 is 0 Å². The number of rotatable bonds is 7. The first-order valence-electron chi connectivity index (χ1n) is 9.81. The van der Waals surface area contributed by atoms with Gasteiger partial charge in [-0.3, -0.25) is 9.59 Å². The first-order chi connectivity index (χ1) is 14.7. The van der Waals surface area contributed by atoms with E-state index in [1.165, 1.54) is 21.9 Å². The Balaban J connectivity index is 1.57. The molecule has 0 fully saturated rings. The zero-order valence-corrected chi connectivity index (χ0v) is 17.3. The Morgan fingerprint density at radius 2 is 1.70 bits per heavy atom. The summed E-state index contributed by atoms with van der Waals surface area (Å²) in [6.07, 6.45) is 1.74. The molecule has 7 heteroatoms. The number of carbonyl (C=O) groups is 1. The average molecular weight is 420 g/mol. The van der Waals surface area contributed by atoms with Crippen molar-refractivity contribution >= 4 is 22.3 Å². The largest absolute Gasteiger partial charge is 0.458 e. The van der Waals surface area contributed by atoms with Gasteiger partial charge in [0, 0.05) is 12.5 Å². The highest BCUT2D eigenvalue weighted by Gasteiger charge is 2.24. The summed E-state index contributed by atoms with van der Waals surface area (Å²) in [5.41, 5.74) is 1.85. The van der Waals surface area contributed by atoms with E-state index in [0.717, 1.165) is 29.0 Å². The van der Waals surface area contributed by atoms with Crippen molar-refractivity contribution in [1.82, 2.24) is 14.6 Å². The summed E-state index contributed by atoms with van der Waals surface area (Å²) >= 11 is 1.38. The van der Waals surface area contributed by atoms with E-state index in [2.05, 4.69) is 17.0 Å². The highest BCUT2D eigenvalue weighted by molar-refractivity contribution is 7.16. The minimum Gasteiger partial charge on any atom is -0.458 e. The fourth-order valence-electron chi connectivity index (χ4n) is 3.27. The van der Waals surface area contributed by atoms with E-state index in [1.54, 1.807) is 0 Å². The van der Waals surface area contributed by atoms with E-state index in [9.17, 15) is 9.59 Å². The number of aromatic nitrogens is 3. The number of esters is 1. The second kappa shape index (κ2) is 9.00. The normalized spacial score (nSPS) is 11.1. The van der Waals surface area contributed by atoms with Gasteiger partial charge in [-0.15, -0.1) is 0 Å². The lowest BCUT2D eigenvalue weighted by Gasteiger charge is -2.17. The van der Waals surface area contributed by atoms with Crippen molar-refractivity contribution in [3.63, 3.8) is 0 Å². The van der Waals surface area contributed by atoms with Gasteiger partial charge in [-0.25, -0.2) is 4.98 Å². The first kappa shape index (κ1) is 20.0. The lowest BCUT2D eigenvalue weighted by Crippen LogP contribution is -2.19. The summed E-state index contributed by atoms with van der Waals surface area (Å²) < 4.78 is 6.90. The van der Waals surface area contributed by atoms with E-state index in [0.29, 0.717) is 10.7 Å². The summed E-state index contributed by atoms with van der Waals surface area (Å²) in [5.74, 6) is -0.929. The molecule has 0 unspecified atom stereocenters. The molecule has 0 atom stereocenters. The van der Waals surface area contributed by atoms with Crippen LogP contribution in [0.25, 0.3) is 4.96 Å². The minimum absolute atomic E-state index is 0.0677. The molecule has 6 nitrogen and oxygen atoms in total. The molecule has 0 amide bonds. The van der Waals surface area contributed by atoms with E-state index in [1.807, 2.05) is 60.7 Å². The van der Waals surface area contributed by atoms with Gasteiger partial charge in [-0.2, -0.15) is 9.61 Å². The van der Waals surface area contributed by atoms with Crippen LogP contribution in [-0.2, 0) is 22.6 Å². The van der Waals surface area contributed by atoms with Gasteiger partial charge in [0.2, 0.25) is 4.96 Å². The molecular weight excluding hydrogens is 398 g/mol. The molecule has 0 aliphatic carbocycles. The molecule has 4 aromatic rings. The summed E-state index contributed by atoms with van der Waals surface area (Å²) in [6, 6.07) is 20.4. The number of benzene rings is 2. The van der Waals surface area contributed by atoms with Crippen LogP contribution in [0.1, 0.15) is 41.1 Å². The summed E-state index contributed by atoms with van der Waals surface area (Å²) in [5, 5.41) is 5.16. The van der Waals surface area contributed by atoms with Crippen molar-refractivity contribution in [2.45, 2.75) is 32.3 Å². The van der Waals surface area contributed by atoms with Gasteiger partial charge in [0.05, 0.1) is 5.69 Å². The predicted octanol–water partition coefficient (Wildman–Crippen LogP) is 3.98. The number of hydrogen-bond donors (Lipinski definition) is 0. The first-order valence-corrected chi connectivity index (χ1v) is 10.6. The van der Waals surface area contributed by atoms with Crippen molar-refractivity contribution in [3.05, 3.63) is 98.9 Å². The molecule has 30 heavy (non-hydrogen) atoms. The lowest BCUT2D eigenvalue weighted by atomic mass is 9.91. The average Bonchev–Trinajstić information content (AvgIpc) is 3.17. The molecular formula is C23H21N3O3S. The van der Waals surface area contributed by atoms with Gasteiger partial charge in [-0.1, -0.05) is 78.9 Å². The predicted molar refractivity (Wildman–Crippen MR) is 116 cm³/mol. The van der Waals surface area contributed by atoms with E-state index < -0.39 is 5.92 Å². The monoisotopic (exact) mass is 419 g/mol. The number of nitrogens with zero attached hydrogens (tertiary/aromatic N) is 3. The van der Waals surface area contributed by atoms with Crippen LogP contribution in [0.5, 0.6) is 0 Å². The van der Waals surface area contributed by atoms with Gasteiger partial charge < -0.3 is 4.74 Å². The molecule has 2 heterocycles. The molecule has 0 aliphatic rings. The standard InChI is InChI=1S/C23H21N3O3S/c1-2-9-19-25-26-20(27)14-18(24-23(26)30-19)15-29-22(28)21(16-10-5-3-6-11-16)17-12-7-4-8-13-17/h3-8,10-14,21H,2,9,15H2,1H3. The van der Waals surface area contributed by atoms with Crippen LogP contribution in [0.15, 0.2) is 71.5 Å². The van der Waals surface area contributed by atoms with Crippen LogP contribution in [0.4, 0.5) is 0 Å². The van der Waals surface area contributed by atoms with Gasteiger partial charge in [-0.05, 0) is 17.5 Å². The van der Waals surface area contributed by atoms with Crippen LogP contribution in [0, 0.1) is 0 Å². The molecule has 0 radical (unpaired) electrons. The van der Waals surface area contributed by atoms with Gasteiger partial charge in [0.15, 0.2) is 0 Å². The van der Waals surface area contributed by atoms with Crippen molar-refractivity contribution in [3.8, 4) is 0 Å². The number of ether oxygens (including phenoxy) is 1. The molecule has 0 bridgehead atoms. The topological polar surface area (TPSA) is 73.6 Å². The number of fused-ring (bicyclic) bond motifs is 1. The third-order valence-electron chi connectivity index (χ3n) is 4.67. The van der Waals surface area contributed by atoms with Crippen molar-refractivity contribution < 1.29 is 9.53 Å². The molecule has 0 spiro atoms. The number of carbonyl (C=O) groups excluding carboxylic acids is 1. The molecule has 0 saturated carbocycles. The number of aryl methyl sites for hydroxylation is 1. The smallest absolute Gasteiger partial charge is 0.318 e. The zero-order valence-electron chi connectivity index (χ0n) is 16.5. The zero-order chi connectivity index (χ0) is 20.9. The maximum atomic E-state index is 13.0. The Morgan fingerprint density at radius 3 is 2.30 bits per heavy atom. The second-order valence-corrected chi connectivity index (χ2v) is 7.93. The minimum atomic E-state index is -0.545. The maximum Gasteiger partial charge on any atom is 0.318 e. The van der Waals surface area contributed by atoms with Gasteiger partial charge in [0.1, 0.15) is 17.5 Å². The summed E-state index contributed by atoms with van der Waals surface area (Å²) in [6.45, 7) is 1.99. The van der Waals surface area contributed by atoms with E-state index in [-0.39, 0.29) is 18.1 Å². The Morgan fingerprint density at radius 1 is 1.07 bits per heavy atom. The van der Waals surface area contributed by atoms with E-state index in [4.69, 9.17) is 4.74 Å². The number of hydrogen-bond acceptors (Lipinski definition) is 6. The van der Waals surface area contributed by atoms with Crippen LogP contribution in [0.3, 0.4) is 0 Å². The quantitative estimate of drug-likeness (QED) is 0.424. The van der Waals surface area contributed by atoms with Gasteiger partial charge in [0.25, 0.3) is 5.56 Å². The third kappa shape index (κ3) is 4.31. The SMILES string of the molecule is CCCc1nn2c(=O)cc(COC(=O)C(c3ccccc3)c3ccccc3)nc2s1. The third-order valence-corrected chi connectivity index (χ3v) is 5.64. The Labute approximate surface area is 177 Å². The van der Waals surface area contributed by atoms with Crippen LogP contribution >= 0.6 is 11.3 Å². The van der Waals surface area contributed by atoms with Crippen LogP contribution < -0.4 is 5.56 Å². The molecule has 4 rings (SSSR count). The van der Waals surface area contributed by atoms with Crippen molar-refractivity contribution in [1.29, 1.82) is 0 Å². The fraction of sp³-hybridized carbons (Fsp3) is 0.217. The maximum absolute atomic E-state index is 13.0.